The molecule has 0 saturated carbocycles. The molecule has 0 atom stereocenters. The van der Waals surface area contributed by atoms with Crippen molar-refractivity contribution in [1.82, 2.24) is 4.90 Å². The number of ether oxygens (including phenoxy) is 1. The molecule has 0 aliphatic heterocycles. The van der Waals surface area contributed by atoms with Crippen LogP contribution in [0.2, 0.25) is 0 Å². The number of unbranched alkanes of at least 4 members (excludes halogenated alkanes) is 1. The molecular formula is C20H28N2O. The molecule has 0 saturated heterocycles. The van der Waals surface area contributed by atoms with Gasteiger partial charge in [-0.25, -0.2) is 0 Å². The van der Waals surface area contributed by atoms with E-state index in [0.717, 1.165) is 36.5 Å². The minimum absolute atomic E-state index is 0.546. The van der Waals surface area contributed by atoms with E-state index < -0.39 is 0 Å². The van der Waals surface area contributed by atoms with Crippen LogP contribution in [0.25, 0.3) is 0 Å². The van der Waals surface area contributed by atoms with Crippen molar-refractivity contribution in [3.63, 3.8) is 0 Å². The number of likely N-dealkylation sites (N-methyl/N-ethyl adjacent to an activating group) is 1. The van der Waals surface area contributed by atoms with Gasteiger partial charge >= 0.3 is 0 Å². The fourth-order valence-electron chi connectivity index (χ4n) is 2.48. The number of rotatable bonds is 9. The summed E-state index contributed by atoms with van der Waals surface area (Å²) in [6.07, 6.45) is 3.51. The number of anilines is 1. The number of nitrogen functional groups attached to an aromatic ring is 1. The molecule has 0 aliphatic rings. The van der Waals surface area contributed by atoms with Crippen molar-refractivity contribution in [2.45, 2.75) is 32.8 Å². The lowest BCUT2D eigenvalue weighted by atomic mass is 10.1. The lowest BCUT2D eigenvalue weighted by Crippen LogP contribution is -2.22. The molecule has 0 bridgehead atoms. The summed E-state index contributed by atoms with van der Waals surface area (Å²) in [5, 5.41) is 0. The number of nitrogens with zero attached hydrogens (tertiary/aromatic N) is 1. The van der Waals surface area contributed by atoms with Crippen LogP contribution in [0.3, 0.4) is 0 Å². The molecule has 3 nitrogen and oxygen atoms in total. The van der Waals surface area contributed by atoms with Crippen molar-refractivity contribution in [1.29, 1.82) is 0 Å². The van der Waals surface area contributed by atoms with Crippen LogP contribution in [-0.4, -0.2) is 25.0 Å². The average Bonchev–Trinajstić information content (AvgIpc) is 2.58. The van der Waals surface area contributed by atoms with Gasteiger partial charge in [0, 0.05) is 6.54 Å². The quantitative estimate of drug-likeness (QED) is 0.708. The highest BCUT2D eigenvalue weighted by Crippen LogP contribution is 2.24. The molecule has 0 fully saturated rings. The van der Waals surface area contributed by atoms with Crippen LogP contribution in [0, 0.1) is 0 Å². The Kier molecular flexibility index (Phi) is 6.95. The highest BCUT2D eigenvalue weighted by molar-refractivity contribution is 5.54. The largest absolute Gasteiger partial charge is 0.487 e. The number of hydrogen-bond donors (Lipinski definition) is 1. The standard InChI is InChI=1S/C20H28N2O/c1-3-4-13-22(2)14-12-17-10-11-20(19(21)15-17)23-16-18-8-6-5-7-9-18/h5-11,15H,3-4,12-14,16,21H2,1-2H3. The first-order valence-corrected chi connectivity index (χ1v) is 8.42. The average molecular weight is 312 g/mol. The third kappa shape index (κ3) is 5.95. The Morgan fingerprint density at radius 2 is 1.78 bits per heavy atom. The molecule has 124 valence electrons. The maximum absolute atomic E-state index is 6.13. The summed E-state index contributed by atoms with van der Waals surface area (Å²) >= 11 is 0. The van der Waals surface area contributed by atoms with Crippen molar-refractivity contribution < 1.29 is 4.74 Å². The molecule has 2 aromatic carbocycles. The van der Waals surface area contributed by atoms with Crippen LogP contribution >= 0.6 is 0 Å². The molecule has 2 aromatic rings. The van der Waals surface area contributed by atoms with E-state index in [1.54, 1.807) is 0 Å². The van der Waals surface area contributed by atoms with E-state index in [1.165, 1.54) is 18.4 Å². The van der Waals surface area contributed by atoms with E-state index in [1.807, 2.05) is 30.3 Å². The van der Waals surface area contributed by atoms with Gasteiger partial charge < -0.3 is 15.4 Å². The molecule has 2 N–H and O–H groups in total. The normalized spacial score (nSPS) is 10.9. The summed E-state index contributed by atoms with van der Waals surface area (Å²) in [4.78, 5) is 2.37. The minimum Gasteiger partial charge on any atom is -0.487 e. The second kappa shape index (κ2) is 9.21. The summed E-state index contributed by atoms with van der Waals surface area (Å²) in [5.74, 6) is 0.761. The van der Waals surface area contributed by atoms with Crippen LogP contribution in [-0.2, 0) is 13.0 Å². The lowest BCUT2D eigenvalue weighted by molar-refractivity contribution is 0.307. The van der Waals surface area contributed by atoms with Gasteiger partial charge in [0.15, 0.2) is 0 Å². The molecule has 0 radical (unpaired) electrons. The zero-order valence-electron chi connectivity index (χ0n) is 14.3. The monoisotopic (exact) mass is 312 g/mol. The van der Waals surface area contributed by atoms with Gasteiger partial charge in [0.1, 0.15) is 12.4 Å². The molecule has 3 heteroatoms. The second-order valence-corrected chi connectivity index (χ2v) is 6.05. The van der Waals surface area contributed by atoms with Gasteiger partial charge in [-0.3, -0.25) is 0 Å². The molecule has 0 spiro atoms. The van der Waals surface area contributed by atoms with Gasteiger partial charge in [0.05, 0.1) is 5.69 Å². The van der Waals surface area contributed by atoms with Crippen LogP contribution in [0.5, 0.6) is 5.75 Å². The van der Waals surface area contributed by atoms with E-state index in [0.29, 0.717) is 6.61 Å². The molecule has 2 rings (SSSR count). The van der Waals surface area contributed by atoms with Gasteiger partial charge in [0.25, 0.3) is 0 Å². The van der Waals surface area contributed by atoms with E-state index >= 15 is 0 Å². The maximum atomic E-state index is 6.13. The first-order chi connectivity index (χ1) is 11.2. The predicted molar refractivity (Wildman–Crippen MR) is 97.7 cm³/mol. The Labute approximate surface area is 140 Å². The van der Waals surface area contributed by atoms with Crippen LogP contribution in [0.1, 0.15) is 30.9 Å². The van der Waals surface area contributed by atoms with E-state index in [-0.39, 0.29) is 0 Å². The molecule has 0 aliphatic carbocycles. The molecule has 0 heterocycles. The van der Waals surface area contributed by atoms with Crippen LogP contribution in [0.4, 0.5) is 5.69 Å². The fraction of sp³-hybridized carbons (Fsp3) is 0.400. The Morgan fingerprint density at radius 1 is 1.00 bits per heavy atom. The van der Waals surface area contributed by atoms with Crippen LogP contribution in [0.15, 0.2) is 48.5 Å². The second-order valence-electron chi connectivity index (χ2n) is 6.05. The lowest BCUT2D eigenvalue weighted by Gasteiger charge is -2.16. The highest BCUT2D eigenvalue weighted by Gasteiger charge is 2.04. The summed E-state index contributed by atoms with van der Waals surface area (Å²) in [6.45, 7) is 4.99. The SMILES string of the molecule is CCCCN(C)CCc1ccc(OCc2ccccc2)c(N)c1. The van der Waals surface area contributed by atoms with Crippen molar-refractivity contribution in [3.05, 3.63) is 59.7 Å². The highest BCUT2D eigenvalue weighted by atomic mass is 16.5. The zero-order valence-corrected chi connectivity index (χ0v) is 14.3. The topological polar surface area (TPSA) is 38.5 Å². The zero-order chi connectivity index (χ0) is 16.5. The van der Waals surface area contributed by atoms with E-state index in [2.05, 4.69) is 37.1 Å². The summed E-state index contributed by atoms with van der Waals surface area (Å²) < 4.78 is 5.82. The van der Waals surface area contributed by atoms with Gasteiger partial charge in [-0.1, -0.05) is 49.7 Å². The van der Waals surface area contributed by atoms with Crippen molar-refractivity contribution in [3.8, 4) is 5.75 Å². The molecule has 0 aromatic heterocycles. The Bertz CT molecular complexity index is 583. The van der Waals surface area contributed by atoms with Crippen molar-refractivity contribution in [2.75, 3.05) is 25.9 Å². The summed E-state index contributed by atoms with van der Waals surface area (Å²) in [7, 11) is 2.18. The Hall–Kier alpha value is -2.00. The van der Waals surface area contributed by atoms with Crippen molar-refractivity contribution in [2.24, 2.45) is 0 Å². The molecule has 23 heavy (non-hydrogen) atoms. The molecular weight excluding hydrogens is 284 g/mol. The molecule has 0 unspecified atom stereocenters. The first-order valence-electron chi connectivity index (χ1n) is 8.42. The van der Waals surface area contributed by atoms with Gasteiger partial charge in [0.2, 0.25) is 0 Å². The van der Waals surface area contributed by atoms with Gasteiger partial charge in [-0.2, -0.15) is 0 Å². The number of nitrogens with two attached hydrogens (primary N) is 1. The Morgan fingerprint density at radius 3 is 2.48 bits per heavy atom. The smallest absolute Gasteiger partial charge is 0.142 e. The number of benzene rings is 2. The minimum atomic E-state index is 0.546. The third-order valence-electron chi connectivity index (χ3n) is 3.99. The number of hydrogen-bond acceptors (Lipinski definition) is 3. The molecule has 0 amide bonds. The first kappa shape index (κ1) is 17.4. The van der Waals surface area contributed by atoms with Gasteiger partial charge in [-0.05, 0) is 49.7 Å². The van der Waals surface area contributed by atoms with Gasteiger partial charge in [-0.15, -0.1) is 0 Å². The van der Waals surface area contributed by atoms with Crippen LogP contribution < -0.4 is 10.5 Å². The van der Waals surface area contributed by atoms with E-state index in [9.17, 15) is 0 Å². The predicted octanol–water partition coefficient (Wildman–Crippen LogP) is 4.12. The maximum Gasteiger partial charge on any atom is 0.142 e. The summed E-state index contributed by atoms with van der Waals surface area (Å²) in [6, 6.07) is 16.3. The van der Waals surface area contributed by atoms with Crippen molar-refractivity contribution >= 4 is 5.69 Å². The summed E-state index contributed by atoms with van der Waals surface area (Å²) in [5.41, 5.74) is 9.26. The Balaban J connectivity index is 1.85. The fourth-order valence-corrected chi connectivity index (χ4v) is 2.48. The van der Waals surface area contributed by atoms with E-state index in [4.69, 9.17) is 10.5 Å². The third-order valence-corrected chi connectivity index (χ3v) is 3.99.